The average Bonchev–Trinajstić information content (AvgIpc) is 3.10. The lowest BCUT2D eigenvalue weighted by molar-refractivity contribution is 0.569. The van der Waals surface area contributed by atoms with Gasteiger partial charge < -0.3 is 15.2 Å². The Bertz CT molecular complexity index is 871. The summed E-state index contributed by atoms with van der Waals surface area (Å²) in [7, 11) is 0. The number of anilines is 1. The number of aromatic nitrogens is 2. The number of rotatable bonds is 6. The third kappa shape index (κ3) is 4.75. The summed E-state index contributed by atoms with van der Waals surface area (Å²) >= 11 is 6.16. The van der Waals surface area contributed by atoms with Gasteiger partial charge in [0.25, 0.3) is 0 Å². The number of nitrogens with zero attached hydrogens (tertiary/aromatic N) is 2. The molecule has 0 spiro atoms. The minimum Gasteiger partial charge on any atom is -0.361 e. The van der Waals surface area contributed by atoms with E-state index >= 15 is 0 Å². The minimum absolute atomic E-state index is 0. The quantitative estimate of drug-likeness (QED) is 0.450. The molecular formula is C21H26Cl2N4. The van der Waals surface area contributed by atoms with E-state index in [-0.39, 0.29) is 12.4 Å². The van der Waals surface area contributed by atoms with Gasteiger partial charge in [-0.1, -0.05) is 35.9 Å². The molecule has 27 heavy (non-hydrogen) atoms. The van der Waals surface area contributed by atoms with Gasteiger partial charge in [0.1, 0.15) is 11.0 Å². The monoisotopic (exact) mass is 404 g/mol. The van der Waals surface area contributed by atoms with E-state index in [4.69, 9.17) is 11.6 Å². The highest BCUT2D eigenvalue weighted by atomic mass is 35.5. The number of pyridine rings is 1. The Balaban J connectivity index is 0.00000210. The van der Waals surface area contributed by atoms with E-state index < -0.39 is 0 Å². The summed E-state index contributed by atoms with van der Waals surface area (Å²) in [4.78, 5) is 10.3. The fourth-order valence-corrected chi connectivity index (χ4v) is 3.90. The molecule has 0 aliphatic carbocycles. The van der Waals surface area contributed by atoms with Crippen LogP contribution in [0.15, 0.2) is 42.6 Å². The molecule has 6 heteroatoms. The van der Waals surface area contributed by atoms with Crippen molar-refractivity contribution in [1.29, 1.82) is 0 Å². The lowest BCUT2D eigenvalue weighted by Gasteiger charge is -2.29. The Morgan fingerprint density at radius 2 is 1.85 bits per heavy atom. The molecule has 1 fully saturated rings. The first-order valence-electron chi connectivity index (χ1n) is 9.47. The topological polar surface area (TPSA) is 44.0 Å². The zero-order valence-corrected chi connectivity index (χ0v) is 17.0. The standard InChI is InChI=1S/C21H25ClN4.ClH/c22-20-9-8-17(21(25-20)26-12-4-1-5-13-26)14-23-11-10-16-15-24-19-7-3-2-6-18(16)19;/h2-3,6-9,15,23-24H,1,4-5,10-14H2;1H. The fourth-order valence-electron chi connectivity index (χ4n) is 3.76. The lowest BCUT2D eigenvalue weighted by atomic mass is 10.1. The molecule has 3 aromatic rings. The van der Waals surface area contributed by atoms with Crippen LogP contribution in [0.2, 0.25) is 5.15 Å². The number of para-hydroxylation sites is 1. The van der Waals surface area contributed by atoms with Crippen LogP contribution in [0.5, 0.6) is 0 Å². The molecule has 3 heterocycles. The molecular weight excluding hydrogens is 379 g/mol. The second kappa shape index (κ2) is 9.45. The SMILES string of the molecule is Cl.Clc1ccc(CNCCc2c[nH]c3ccccc23)c(N2CCCCC2)n1. The molecule has 2 aromatic heterocycles. The van der Waals surface area contributed by atoms with Crippen LogP contribution in [0, 0.1) is 0 Å². The highest BCUT2D eigenvalue weighted by Gasteiger charge is 2.16. The van der Waals surface area contributed by atoms with E-state index in [1.807, 2.05) is 6.07 Å². The molecule has 2 N–H and O–H groups in total. The van der Waals surface area contributed by atoms with E-state index in [0.717, 1.165) is 38.4 Å². The van der Waals surface area contributed by atoms with Crippen LogP contribution in [-0.2, 0) is 13.0 Å². The van der Waals surface area contributed by atoms with Crippen molar-refractivity contribution < 1.29 is 0 Å². The van der Waals surface area contributed by atoms with Crippen molar-refractivity contribution in [2.45, 2.75) is 32.2 Å². The van der Waals surface area contributed by atoms with Crippen molar-refractivity contribution in [3.8, 4) is 0 Å². The van der Waals surface area contributed by atoms with Crippen LogP contribution in [0.1, 0.15) is 30.4 Å². The average molecular weight is 405 g/mol. The van der Waals surface area contributed by atoms with Crippen molar-refractivity contribution in [2.24, 2.45) is 0 Å². The Kier molecular flexibility index (Phi) is 7.00. The largest absolute Gasteiger partial charge is 0.361 e. The predicted octanol–water partition coefficient (Wildman–Crippen LogP) is 4.96. The van der Waals surface area contributed by atoms with Gasteiger partial charge in [-0.15, -0.1) is 12.4 Å². The summed E-state index contributed by atoms with van der Waals surface area (Å²) in [5.41, 5.74) is 3.80. The third-order valence-corrected chi connectivity index (χ3v) is 5.35. The summed E-state index contributed by atoms with van der Waals surface area (Å²) < 4.78 is 0. The van der Waals surface area contributed by atoms with Gasteiger partial charge in [0.15, 0.2) is 0 Å². The molecule has 0 saturated carbocycles. The van der Waals surface area contributed by atoms with Crippen molar-refractivity contribution >= 4 is 40.7 Å². The first-order valence-corrected chi connectivity index (χ1v) is 9.85. The van der Waals surface area contributed by atoms with Gasteiger partial charge in [0, 0.05) is 42.3 Å². The minimum atomic E-state index is 0. The van der Waals surface area contributed by atoms with Crippen LogP contribution < -0.4 is 10.2 Å². The summed E-state index contributed by atoms with van der Waals surface area (Å²) in [6.45, 7) is 3.91. The number of hydrogen-bond acceptors (Lipinski definition) is 3. The van der Waals surface area contributed by atoms with E-state index in [9.17, 15) is 0 Å². The Hall–Kier alpha value is -1.75. The zero-order chi connectivity index (χ0) is 17.8. The molecule has 4 nitrogen and oxygen atoms in total. The maximum Gasteiger partial charge on any atom is 0.134 e. The number of piperidine rings is 1. The van der Waals surface area contributed by atoms with Gasteiger partial charge in [-0.05, 0) is 49.9 Å². The predicted molar refractivity (Wildman–Crippen MR) is 116 cm³/mol. The van der Waals surface area contributed by atoms with E-state index in [0.29, 0.717) is 5.15 Å². The second-order valence-corrected chi connectivity index (χ2v) is 7.34. The Morgan fingerprint density at radius 3 is 2.70 bits per heavy atom. The van der Waals surface area contributed by atoms with Crippen molar-refractivity contribution in [1.82, 2.24) is 15.3 Å². The van der Waals surface area contributed by atoms with Crippen LogP contribution >= 0.6 is 24.0 Å². The van der Waals surface area contributed by atoms with E-state index in [1.165, 1.54) is 41.3 Å². The summed E-state index contributed by atoms with van der Waals surface area (Å²) in [5, 5.41) is 5.47. The number of halogens is 2. The van der Waals surface area contributed by atoms with Gasteiger partial charge in [-0.2, -0.15) is 0 Å². The van der Waals surface area contributed by atoms with E-state index in [2.05, 4.69) is 56.7 Å². The number of H-pyrrole nitrogens is 1. The first-order chi connectivity index (χ1) is 12.8. The Morgan fingerprint density at radius 1 is 1.04 bits per heavy atom. The van der Waals surface area contributed by atoms with Gasteiger partial charge in [0.05, 0.1) is 0 Å². The Labute approximate surface area is 171 Å². The van der Waals surface area contributed by atoms with Gasteiger partial charge in [-0.25, -0.2) is 4.98 Å². The molecule has 0 unspecified atom stereocenters. The summed E-state index contributed by atoms with van der Waals surface area (Å²) in [5.74, 6) is 1.05. The number of nitrogens with one attached hydrogen (secondary N) is 2. The number of benzene rings is 1. The molecule has 0 bridgehead atoms. The second-order valence-electron chi connectivity index (χ2n) is 6.95. The number of fused-ring (bicyclic) bond motifs is 1. The van der Waals surface area contributed by atoms with Crippen molar-refractivity contribution in [3.05, 3.63) is 58.9 Å². The van der Waals surface area contributed by atoms with Crippen LogP contribution in [0.25, 0.3) is 10.9 Å². The number of hydrogen-bond donors (Lipinski definition) is 2. The lowest BCUT2D eigenvalue weighted by Crippen LogP contribution is -2.32. The molecule has 144 valence electrons. The molecule has 1 aliphatic rings. The zero-order valence-electron chi connectivity index (χ0n) is 15.4. The fraction of sp³-hybridized carbons (Fsp3) is 0.381. The molecule has 0 amide bonds. The molecule has 4 rings (SSSR count). The summed E-state index contributed by atoms with van der Waals surface area (Å²) in [6.07, 6.45) is 6.91. The maximum atomic E-state index is 6.16. The molecule has 0 atom stereocenters. The van der Waals surface area contributed by atoms with Crippen molar-refractivity contribution in [3.63, 3.8) is 0 Å². The molecule has 1 saturated heterocycles. The smallest absolute Gasteiger partial charge is 0.134 e. The molecule has 0 radical (unpaired) electrons. The first kappa shape index (κ1) is 20.0. The normalized spacial score (nSPS) is 14.3. The van der Waals surface area contributed by atoms with Crippen LogP contribution in [0.4, 0.5) is 5.82 Å². The maximum absolute atomic E-state index is 6.16. The molecule has 1 aliphatic heterocycles. The van der Waals surface area contributed by atoms with Crippen LogP contribution in [-0.4, -0.2) is 29.6 Å². The van der Waals surface area contributed by atoms with E-state index in [1.54, 1.807) is 0 Å². The van der Waals surface area contributed by atoms with Gasteiger partial charge >= 0.3 is 0 Å². The van der Waals surface area contributed by atoms with Crippen molar-refractivity contribution in [2.75, 3.05) is 24.5 Å². The third-order valence-electron chi connectivity index (χ3n) is 5.14. The highest BCUT2D eigenvalue weighted by molar-refractivity contribution is 6.29. The number of aromatic amines is 1. The summed E-state index contributed by atoms with van der Waals surface area (Å²) in [6, 6.07) is 12.5. The highest BCUT2D eigenvalue weighted by Crippen LogP contribution is 2.24. The van der Waals surface area contributed by atoms with Crippen LogP contribution in [0.3, 0.4) is 0 Å². The molecule has 1 aromatic carbocycles. The van der Waals surface area contributed by atoms with Gasteiger partial charge in [0.2, 0.25) is 0 Å². The van der Waals surface area contributed by atoms with Gasteiger partial charge in [-0.3, -0.25) is 0 Å².